The van der Waals surface area contributed by atoms with Gasteiger partial charge >= 0.3 is 6.09 Å². The lowest BCUT2D eigenvalue weighted by atomic mass is 9.97. The Kier molecular flexibility index (Phi) is 8.84. The number of ether oxygens (including phenoxy) is 1. The van der Waals surface area contributed by atoms with E-state index in [9.17, 15) is 4.79 Å². The Morgan fingerprint density at radius 3 is 2.53 bits per heavy atom. The number of guanidine groups is 1. The minimum atomic E-state index is -0.449. The Labute approximate surface area is 192 Å². The smallest absolute Gasteiger partial charge is 0.410 e. The van der Waals surface area contributed by atoms with Crippen LogP contribution in [-0.4, -0.2) is 73.3 Å². The van der Waals surface area contributed by atoms with E-state index >= 15 is 0 Å². The molecule has 3 rings (SSSR count). The minimum absolute atomic E-state index is 0.181. The molecule has 0 spiro atoms. The SMILES string of the molecule is CCNC(=NCC(c1ccco1)N1CCCC1)NCC1CCN(C(=O)OC(C)(C)C)CC1. The highest BCUT2D eigenvalue weighted by Crippen LogP contribution is 2.26. The van der Waals surface area contributed by atoms with Crippen molar-refractivity contribution in [2.24, 2.45) is 10.9 Å². The van der Waals surface area contributed by atoms with Crippen LogP contribution in [0, 0.1) is 5.92 Å². The van der Waals surface area contributed by atoms with E-state index < -0.39 is 5.60 Å². The molecular formula is C24H41N5O3. The van der Waals surface area contributed by atoms with Gasteiger partial charge in [0.15, 0.2) is 5.96 Å². The lowest BCUT2D eigenvalue weighted by Crippen LogP contribution is -2.45. The van der Waals surface area contributed by atoms with Gasteiger partial charge in [-0.15, -0.1) is 0 Å². The maximum absolute atomic E-state index is 12.3. The van der Waals surface area contributed by atoms with Gasteiger partial charge in [0.2, 0.25) is 0 Å². The van der Waals surface area contributed by atoms with Crippen LogP contribution < -0.4 is 10.6 Å². The summed E-state index contributed by atoms with van der Waals surface area (Å²) in [6, 6.07) is 4.19. The molecule has 1 aromatic heterocycles. The minimum Gasteiger partial charge on any atom is -0.468 e. The molecule has 0 saturated carbocycles. The summed E-state index contributed by atoms with van der Waals surface area (Å²) in [5.41, 5.74) is -0.449. The van der Waals surface area contributed by atoms with Gasteiger partial charge in [-0.2, -0.15) is 0 Å². The number of likely N-dealkylation sites (tertiary alicyclic amines) is 2. The summed E-state index contributed by atoms with van der Waals surface area (Å²) in [4.78, 5) is 21.5. The molecule has 1 unspecified atom stereocenters. The highest BCUT2D eigenvalue weighted by atomic mass is 16.6. The fraction of sp³-hybridized carbons (Fsp3) is 0.750. The fourth-order valence-electron chi connectivity index (χ4n) is 4.33. The molecule has 1 atom stereocenters. The molecule has 0 bridgehead atoms. The normalized spacial score (nSPS) is 19.8. The zero-order valence-electron chi connectivity index (χ0n) is 20.2. The second-order valence-electron chi connectivity index (χ2n) is 9.79. The van der Waals surface area contributed by atoms with Gasteiger partial charge in [0.05, 0.1) is 18.8 Å². The van der Waals surface area contributed by atoms with Crippen molar-refractivity contribution in [2.75, 3.05) is 45.8 Å². The lowest BCUT2D eigenvalue weighted by molar-refractivity contribution is 0.0185. The second kappa shape index (κ2) is 11.6. The van der Waals surface area contributed by atoms with Crippen LogP contribution in [0.2, 0.25) is 0 Å². The first kappa shape index (κ1) is 24.4. The Hall–Kier alpha value is -2.22. The molecule has 2 aliphatic rings. The van der Waals surface area contributed by atoms with Gasteiger partial charge in [-0.1, -0.05) is 0 Å². The summed E-state index contributed by atoms with van der Waals surface area (Å²) in [6.07, 6.45) is 5.95. The molecule has 0 aliphatic carbocycles. The quantitative estimate of drug-likeness (QED) is 0.491. The zero-order valence-corrected chi connectivity index (χ0v) is 20.2. The lowest BCUT2D eigenvalue weighted by Gasteiger charge is -2.33. The molecule has 2 saturated heterocycles. The first-order valence-corrected chi connectivity index (χ1v) is 12.1. The number of nitrogens with one attached hydrogen (secondary N) is 2. The Bertz CT molecular complexity index is 714. The number of furan rings is 1. The van der Waals surface area contributed by atoms with E-state index in [1.54, 1.807) is 6.26 Å². The van der Waals surface area contributed by atoms with Crippen LogP contribution in [0.1, 0.15) is 65.2 Å². The van der Waals surface area contributed by atoms with E-state index in [-0.39, 0.29) is 12.1 Å². The van der Waals surface area contributed by atoms with Crippen molar-refractivity contribution in [3.8, 4) is 0 Å². The van der Waals surface area contributed by atoms with Gasteiger partial charge in [0, 0.05) is 26.2 Å². The number of nitrogens with zero attached hydrogens (tertiary/aromatic N) is 3. The van der Waals surface area contributed by atoms with Crippen LogP contribution >= 0.6 is 0 Å². The standard InChI is InChI=1S/C24H41N5O3/c1-5-25-22(27-18-20(21-9-8-16-31-21)28-12-6-7-13-28)26-17-19-10-14-29(15-11-19)23(30)32-24(2,3)4/h8-9,16,19-20H,5-7,10-15,17-18H2,1-4H3,(H2,25,26,27). The molecule has 180 valence electrons. The Morgan fingerprint density at radius 1 is 1.22 bits per heavy atom. The number of hydrogen-bond donors (Lipinski definition) is 2. The molecular weight excluding hydrogens is 406 g/mol. The van der Waals surface area contributed by atoms with E-state index in [4.69, 9.17) is 14.1 Å². The summed E-state index contributed by atoms with van der Waals surface area (Å²) in [7, 11) is 0. The predicted octanol–water partition coefficient (Wildman–Crippen LogP) is 3.62. The van der Waals surface area contributed by atoms with E-state index in [1.807, 2.05) is 31.7 Å². The van der Waals surface area contributed by atoms with Crippen LogP contribution in [0.15, 0.2) is 27.8 Å². The van der Waals surface area contributed by atoms with Gasteiger partial charge in [0.25, 0.3) is 0 Å². The molecule has 0 aromatic carbocycles. The van der Waals surface area contributed by atoms with Crippen molar-refractivity contribution in [2.45, 2.75) is 65.0 Å². The number of hydrogen-bond acceptors (Lipinski definition) is 5. The zero-order chi connectivity index (χ0) is 23.0. The fourth-order valence-corrected chi connectivity index (χ4v) is 4.33. The average molecular weight is 448 g/mol. The van der Waals surface area contributed by atoms with Crippen molar-refractivity contribution in [1.82, 2.24) is 20.4 Å². The van der Waals surface area contributed by atoms with Crippen molar-refractivity contribution >= 4 is 12.1 Å². The molecule has 32 heavy (non-hydrogen) atoms. The van der Waals surface area contributed by atoms with E-state index in [2.05, 4.69) is 28.5 Å². The monoisotopic (exact) mass is 447 g/mol. The molecule has 2 fully saturated rings. The van der Waals surface area contributed by atoms with Gasteiger partial charge in [-0.05, 0) is 84.5 Å². The first-order chi connectivity index (χ1) is 15.4. The maximum atomic E-state index is 12.3. The third-order valence-electron chi connectivity index (χ3n) is 6.04. The van der Waals surface area contributed by atoms with Crippen LogP contribution in [0.4, 0.5) is 4.79 Å². The molecule has 8 nitrogen and oxygen atoms in total. The largest absolute Gasteiger partial charge is 0.468 e. The highest BCUT2D eigenvalue weighted by Gasteiger charge is 2.27. The summed E-state index contributed by atoms with van der Waals surface area (Å²) < 4.78 is 11.2. The Balaban J connectivity index is 1.50. The summed E-state index contributed by atoms with van der Waals surface area (Å²) in [6.45, 7) is 13.8. The van der Waals surface area contributed by atoms with Crippen LogP contribution in [0.5, 0.6) is 0 Å². The van der Waals surface area contributed by atoms with Gasteiger partial charge < -0.3 is 24.7 Å². The van der Waals surface area contributed by atoms with Crippen molar-refractivity contribution in [3.05, 3.63) is 24.2 Å². The molecule has 2 aliphatic heterocycles. The molecule has 2 N–H and O–H groups in total. The van der Waals surface area contributed by atoms with E-state index in [0.29, 0.717) is 12.5 Å². The first-order valence-electron chi connectivity index (χ1n) is 12.1. The third kappa shape index (κ3) is 7.43. The summed E-state index contributed by atoms with van der Waals surface area (Å²) >= 11 is 0. The topological polar surface area (TPSA) is 82.3 Å². The second-order valence-corrected chi connectivity index (χ2v) is 9.79. The predicted molar refractivity (Wildman–Crippen MR) is 127 cm³/mol. The van der Waals surface area contributed by atoms with Gasteiger partial charge in [0.1, 0.15) is 11.4 Å². The molecule has 1 amide bonds. The number of aliphatic imine (C=N–C) groups is 1. The Morgan fingerprint density at radius 2 is 1.94 bits per heavy atom. The molecule has 1 aromatic rings. The summed E-state index contributed by atoms with van der Waals surface area (Å²) in [5, 5.41) is 6.89. The van der Waals surface area contributed by atoms with Gasteiger partial charge in [-0.25, -0.2) is 4.79 Å². The van der Waals surface area contributed by atoms with Crippen molar-refractivity contribution < 1.29 is 13.9 Å². The van der Waals surface area contributed by atoms with Gasteiger partial charge in [-0.3, -0.25) is 9.89 Å². The molecule has 3 heterocycles. The maximum Gasteiger partial charge on any atom is 0.410 e. The van der Waals surface area contributed by atoms with E-state index in [1.165, 1.54) is 12.8 Å². The van der Waals surface area contributed by atoms with Crippen LogP contribution in [0.25, 0.3) is 0 Å². The van der Waals surface area contributed by atoms with Crippen LogP contribution in [0.3, 0.4) is 0 Å². The average Bonchev–Trinajstić information content (AvgIpc) is 3.46. The number of amides is 1. The highest BCUT2D eigenvalue weighted by molar-refractivity contribution is 5.79. The number of carbonyl (C=O) groups excluding carboxylic acids is 1. The third-order valence-corrected chi connectivity index (χ3v) is 6.04. The van der Waals surface area contributed by atoms with E-state index in [0.717, 1.165) is 63.8 Å². The van der Waals surface area contributed by atoms with Crippen molar-refractivity contribution in [3.63, 3.8) is 0 Å². The number of carbonyl (C=O) groups is 1. The van der Waals surface area contributed by atoms with Crippen molar-refractivity contribution in [1.29, 1.82) is 0 Å². The number of rotatable bonds is 7. The van der Waals surface area contributed by atoms with Crippen LogP contribution in [-0.2, 0) is 4.74 Å². The summed E-state index contributed by atoms with van der Waals surface area (Å²) in [5.74, 6) is 2.34. The molecule has 8 heteroatoms. The molecule has 0 radical (unpaired) electrons. The number of piperidine rings is 1.